The third-order valence-corrected chi connectivity index (χ3v) is 6.09. The van der Waals surface area contributed by atoms with Crippen LogP contribution in [-0.4, -0.2) is 26.0 Å². The van der Waals surface area contributed by atoms with Crippen molar-refractivity contribution in [3.05, 3.63) is 0 Å². The molecule has 0 aromatic carbocycles. The van der Waals surface area contributed by atoms with E-state index in [9.17, 15) is 22.0 Å². The Bertz CT molecular complexity index is 411. The zero-order valence-corrected chi connectivity index (χ0v) is 12.7. The number of hydrogen-bond acceptors (Lipinski definition) is 1. The summed E-state index contributed by atoms with van der Waals surface area (Å²) in [5, 5.41) is 0. The molecule has 0 radical (unpaired) electrons. The van der Waals surface area contributed by atoms with E-state index in [2.05, 4.69) is 0 Å². The van der Waals surface area contributed by atoms with E-state index >= 15 is 0 Å². The van der Waals surface area contributed by atoms with Gasteiger partial charge in [0, 0.05) is 0 Å². The molecule has 0 saturated heterocycles. The van der Waals surface area contributed by atoms with Gasteiger partial charge in [0.25, 0.3) is 0 Å². The van der Waals surface area contributed by atoms with E-state index < -0.39 is 37.9 Å². The van der Waals surface area contributed by atoms with Gasteiger partial charge in [-0.25, -0.2) is 0 Å². The van der Waals surface area contributed by atoms with E-state index in [-0.39, 0.29) is 11.8 Å². The number of rotatable bonds is 3. The van der Waals surface area contributed by atoms with Crippen LogP contribution in [0.3, 0.4) is 0 Å². The lowest BCUT2D eigenvalue weighted by Crippen LogP contribution is -2.65. The van der Waals surface area contributed by atoms with Crippen LogP contribution in [0.4, 0.5) is 22.0 Å². The molecule has 0 aromatic heterocycles. The lowest BCUT2D eigenvalue weighted by atomic mass is 9.80. The Kier molecular flexibility index (Phi) is 2.78. The molecule has 3 fully saturated rings. The molecule has 0 aliphatic heterocycles. The zero-order valence-electron chi connectivity index (χ0n) is 11.7. The Balaban J connectivity index is 2.07. The van der Waals surface area contributed by atoms with Gasteiger partial charge < -0.3 is 4.43 Å². The van der Waals surface area contributed by atoms with Gasteiger partial charge in [0.05, 0.1) is 0 Å². The summed E-state index contributed by atoms with van der Waals surface area (Å²) in [6.07, 6.45) is -3.84. The number of halogens is 5. The first kappa shape index (κ1) is 14.8. The molecular weight excluding hydrogens is 295 g/mol. The van der Waals surface area contributed by atoms with Gasteiger partial charge in [0.1, 0.15) is 5.60 Å². The fraction of sp³-hybridized carbons (Fsp3) is 1.00. The maximum absolute atomic E-state index is 14.3. The van der Waals surface area contributed by atoms with Gasteiger partial charge in [-0.1, -0.05) is 0 Å². The summed E-state index contributed by atoms with van der Waals surface area (Å²) in [5.41, 5.74) is -2.29. The summed E-state index contributed by atoms with van der Waals surface area (Å²) in [6.45, 7) is 5.06. The van der Waals surface area contributed by atoms with E-state index in [0.29, 0.717) is 12.8 Å². The third kappa shape index (κ3) is 1.68. The number of hydrogen-bond donors (Lipinski definition) is 0. The highest BCUT2D eigenvalue weighted by Crippen LogP contribution is 2.75. The summed E-state index contributed by atoms with van der Waals surface area (Å²) in [7, 11) is -2.52. The van der Waals surface area contributed by atoms with Crippen LogP contribution in [0, 0.1) is 23.7 Å². The molecule has 1 unspecified atom stereocenters. The Hall–Kier alpha value is -0.173. The molecule has 1 nitrogen and oxygen atoms in total. The minimum absolute atomic E-state index is 0.0262. The van der Waals surface area contributed by atoms with Crippen LogP contribution in [0.5, 0.6) is 0 Å². The highest BCUT2D eigenvalue weighted by Gasteiger charge is 2.84. The Morgan fingerprint density at radius 2 is 1.40 bits per heavy atom. The van der Waals surface area contributed by atoms with E-state index in [1.54, 1.807) is 19.6 Å². The van der Waals surface area contributed by atoms with Gasteiger partial charge in [-0.3, -0.25) is 0 Å². The van der Waals surface area contributed by atoms with E-state index in [4.69, 9.17) is 4.43 Å². The van der Waals surface area contributed by atoms with Crippen molar-refractivity contribution in [1.29, 1.82) is 0 Å². The van der Waals surface area contributed by atoms with Crippen molar-refractivity contribution in [2.24, 2.45) is 23.7 Å². The van der Waals surface area contributed by atoms with Crippen molar-refractivity contribution >= 4 is 8.32 Å². The van der Waals surface area contributed by atoms with Crippen LogP contribution < -0.4 is 0 Å². The maximum atomic E-state index is 14.3. The van der Waals surface area contributed by atoms with Gasteiger partial charge in [-0.2, -0.15) is 22.0 Å². The van der Waals surface area contributed by atoms with Crippen molar-refractivity contribution in [1.82, 2.24) is 0 Å². The molecular formula is C13H19F5OSi. The minimum atomic E-state index is -5.54. The molecule has 2 bridgehead atoms. The monoisotopic (exact) mass is 314 g/mol. The highest BCUT2D eigenvalue weighted by atomic mass is 28.4. The first-order valence-corrected chi connectivity index (χ1v) is 10.5. The zero-order chi connectivity index (χ0) is 15.1. The van der Waals surface area contributed by atoms with Crippen LogP contribution in [0.1, 0.15) is 19.3 Å². The first-order valence-electron chi connectivity index (χ1n) is 7.06. The Morgan fingerprint density at radius 3 is 1.75 bits per heavy atom. The molecule has 7 heteroatoms. The number of alkyl halides is 5. The molecule has 0 heterocycles. The molecule has 3 aliphatic carbocycles. The summed E-state index contributed by atoms with van der Waals surface area (Å²) < 4.78 is 73.3. The average Bonchev–Trinajstić information content (AvgIpc) is 2.90. The fourth-order valence-electron chi connectivity index (χ4n) is 4.70. The molecule has 3 saturated carbocycles. The van der Waals surface area contributed by atoms with Gasteiger partial charge in [-0.15, -0.1) is 0 Å². The Labute approximate surface area is 116 Å². The van der Waals surface area contributed by atoms with E-state index in [1.807, 2.05) is 0 Å². The summed E-state index contributed by atoms with van der Waals surface area (Å²) in [4.78, 5) is 0. The van der Waals surface area contributed by atoms with Crippen LogP contribution >= 0.6 is 0 Å². The average molecular weight is 314 g/mol. The molecule has 5 atom stereocenters. The lowest BCUT2D eigenvalue weighted by Gasteiger charge is -2.47. The van der Waals surface area contributed by atoms with Crippen molar-refractivity contribution in [2.45, 2.75) is 56.6 Å². The predicted molar refractivity (Wildman–Crippen MR) is 66.0 cm³/mol. The second kappa shape index (κ2) is 3.77. The SMILES string of the molecule is C[Si](C)(C)OC1(C(F)(F)C(F)(F)F)[C@@H]2CC[C@H]1[C@H]1C[C@H]12. The standard InChI is InChI=1S/C13H19F5OSi/c1-20(2,3)19-11(12(14,15)13(16,17)18)9-4-5-10(11)8-6-7(8)9/h7-10H,4-6H2,1-3H3/t7-,8+,9-,10+,11?. The van der Waals surface area contributed by atoms with Gasteiger partial charge >= 0.3 is 12.1 Å². The maximum Gasteiger partial charge on any atom is 0.456 e. The molecule has 0 aromatic rings. The second-order valence-corrected chi connectivity index (χ2v) is 11.9. The number of fused-ring (bicyclic) bond motifs is 5. The quantitative estimate of drug-likeness (QED) is 0.552. The predicted octanol–water partition coefficient (Wildman–Crippen LogP) is 4.45. The van der Waals surface area contributed by atoms with Crippen molar-refractivity contribution in [2.75, 3.05) is 0 Å². The molecule has 0 spiro atoms. The van der Waals surface area contributed by atoms with Gasteiger partial charge in [0.15, 0.2) is 8.32 Å². The molecule has 20 heavy (non-hydrogen) atoms. The van der Waals surface area contributed by atoms with E-state index in [0.717, 1.165) is 6.42 Å². The van der Waals surface area contributed by atoms with Gasteiger partial charge in [-0.05, 0) is 62.6 Å². The van der Waals surface area contributed by atoms with Crippen molar-refractivity contribution in [3.63, 3.8) is 0 Å². The normalized spacial score (nSPS) is 43.8. The third-order valence-electron chi connectivity index (χ3n) is 5.14. The fourth-order valence-corrected chi connectivity index (χ4v) is 6.14. The van der Waals surface area contributed by atoms with Crippen molar-refractivity contribution < 1.29 is 26.4 Å². The smallest absolute Gasteiger partial charge is 0.405 e. The van der Waals surface area contributed by atoms with Gasteiger partial charge in [0.2, 0.25) is 0 Å². The summed E-state index contributed by atoms with van der Waals surface area (Å²) in [6, 6.07) is 0. The first-order chi connectivity index (χ1) is 8.92. The molecule has 0 amide bonds. The van der Waals surface area contributed by atoms with Crippen LogP contribution in [0.2, 0.25) is 19.6 Å². The Morgan fingerprint density at radius 1 is 0.950 bits per heavy atom. The molecule has 0 N–H and O–H groups in total. The summed E-state index contributed by atoms with van der Waals surface area (Å²) >= 11 is 0. The molecule has 3 rings (SSSR count). The largest absolute Gasteiger partial charge is 0.456 e. The van der Waals surface area contributed by atoms with Crippen LogP contribution in [0.15, 0.2) is 0 Å². The topological polar surface area (TPSA) is 9.23 Å². The highest BCUT2D eigenvalue weighted by molar-refractivity contribution is 6.69. The molecule has 116 valence electrons. The minimum Gasteiger partial charge on any atom is -0.405 e. The van der Waals surface area contributed by atoms with E-state index in [1.165, 1.54) is 0 Å². The van der Waals surface area contributed by atoms with Crippen LogP contribution in [0.25, 0.3) is 0 Å². The van der Waals surface area contributed by atoms with Crippen molar-refractivity contribution in [3.8, 4) is 0 Å². The molecule has 3 aliphatic rings. The summed E-state index contributed by atoms with van der Waals surface area (Å²) in [5.74, 6) is -5.95. The lowest BCUT2D eigenvalue weighted by molar-refractivity contribution is -0.349. The van der Waals surface area contributed by atoms with Crippen LogP contribution in [-0.2, 0) is 4.43 Å². The second-order valence-electron chi connectivity index (χ2n) is 7.43.